The van der Waals surface area contributed by atoms with Crippen LogP contribution in [0.25, 0.3) is 5.70 Å². The zero-order valence-corrected chi connectivity index (χ0v) is 15.2. The second-order valence-electron chi connectivity index (χ2n) is 4.83. The van der Waals surface area contributed by atoms with Crippen molar-refractivity contribution in [3.8, 4) is 0 Å². The molecular formula is C14H16BrN5S2. The van der Waals surface area contributed by atoms with Crippen molar-refractivity contribution in [2.45, 2.75) is 17.6 Å². The Balaban J connectivity index is 1.82. The summed E-state index contributed by atoms with van der Waals surface area (Å²) >= 11 is 6.79. The van der Waals surface area contributed by atoms with E-state index >= 15 is 0 Å². The van der Waals surface area contributed by atoms with Crippen molar-refractivity contribution in [3.05, 3.63) is 45.5 Å². The van der Waals surface area contributed by atoms with Crippen LogP contribution in [-0.4, -0.2) is 26.9 Å². The number of nitrogens with one attached hydrogen (secondary N) is 1. The summed E-state index contributed by atoms with van der Waals surface area (Å²) in [6.07, 6.45) is 2.96. The third-order valence-electron chi connectivity index (χ3n) is 3.29. The molecule has 1 aromatic heterocycles. The number of thioether (sulfide) groups is 2. The Morgan fingerprint density at radius 2 is 2.14 bits per heavy atom. The number of aromatic nitrogens is 3. The number of benzene rings is 1. The summed E-state index contributed by atoms with van der Waals surface area (Å²) in [6, 6.07) is 8.05. The Morgan fingerprint density at radius 3 is 2.86 bits per heavy atom. The molecule has 2 aromatic rings. The minimum Gasteiger partial charge on any atom is -0.321 e. The maximum Gasteiger partial charge on any atom is 0.214 e. The van der Waals surface area contributed by atoms with E-state index in [0.717, 1.165) is 38.9 Å². The second-order valence-corrected chi connectivity index (χ2v) is 7.57. The first-order valence-electron chi connectivity index (χ1n) is 6.78. The van der Waals surface area contributed by atoms with Crippen LogP contribution in [0.1, 0.15) is 23.9 Å². The second kappa shape index (κ2) is 7.08. The van der Waals surface area contributed by atoms with Crippen molar-refractivity contribution >= 4 is 45.2 Å². The summed E-state index contributed by atoms with van der Waals surface area (Å²) in [4.78, 5) is 0. The van der Waals surface area contributed by atoms with Gasteiger partial charge in [-0.1, -0.05) is 39.8 Å². The first-order valence-corrected chi connectivity index (χ1v) is 9.85. The largest absolute Gasteiger partial charge is 0.321 e. The van der Waals surface area contributed by atoms with Gasteiger partial charge in [-0.15, -0.1) is 10.2 Å². The van der Waals surface area contributed by atoms with Crippen molar-refractivity contribution < 1.29 is 0 Å². The molecule has 0 amide bonds. The van der Waals surface area contributed by atoms with Gasteiger partial charge in [0.25, 0.3) is 0 Å². The van der Waals surface area contributed by atoms with Crippen LogP contribution in [0.2, 0.25) is 0 Å². The zero-order valence-electron chi connectivity index (χ0n) is 12.0. The van der Waals surface area contributed by atoms with E-state index in [1.807, 2.05) is 22.2 Å². The van der Waals surface area contributed by atoms with E-state index in [2.05, 4.69) is 49.9 Å². The summed E-state index contributed by atoms with van der Waals surface area (Å²) in [5.41, 5.74) is 11.7. The molecule has 0 spiro atoms. The average Bonchev–Trinajstić information content (AvgIpc) is 2.96. The molecule has 0 saturated heterocycles. The van der Waals surface area contributed by atoms with E-state index in [4.69, 9.17) is 5.73 Å². The number of rotatable bonds is 5. The first-order chi connectivity index (χ1) is 10.7. The molecule has 0 saturated carbocycles. The van der Waals surface area contributed by atoms with Crippen molar-refractivity contribution in [2.75, 3.05) is 17.4 Å². The average molecular weight is 398 g/mol. The maximum absolute atomic E-state index is 6.24. The lowest BCUT2D eigenvalue weighted by atomic mass is 10.2. The van der Waals surface area contributed by atoms with Gasteiger partial charge in [0.15, 0.2) is 5.82 Å². The van der Waals surface area contributed by atoms with Crippen molar-refractivity contribution in [1.29, 1.82) is 0 Å². The molecule has 0 fully saturated rings. The van der Waals surface area contributed by atoms with Crippen molar-refractivity contribution in [1.82, 2.24) is 14.9 Å². The van der Waals surface area contributed by atoms with Crippen molar-refractivity contribution in [2.24, 2.45) is 5.73 Å². The molecule has 0 radical (unpaired) electrons. The highest BCUT2D eigenvalue weighted by Gasteiger charge is 2.22. The number of fused-ring (bicyclic) bond motifs is 1. The van der Waals surface area contributed by atoms with Crippen LogP contribution in [0.4, 0.5) is 0 Å². The predicted octanol–water partition coefficient (Wildman–Crippen LogP) is 3.44. The van der Waals surface area contributed by atoms with Gasteiger partial charge in [-0.25, -0.2) is 4.68 Å². The van der Waals surface area contributed by atoms with E-state index in [1.165, 1.54) is 0 Å². The van der Waals surface area contributed by atoms with Crippen LogP contribution in [-0.2, 0) is 0 Å². The van der Waals surface area contributed by atoms with E-state index in [9.17, 15) is 0 Å². The number of nitrogens with two attached hydrogens (primary N) is 1. The molecule has 0 bridgehead atoms. The molecule has 1 aliphatic heterocycles. The molecule has 1 atom stereocenters. The predicted molar refractivity (Wildman–Crippen MR) is 97.3 cm³/mol. The molecule has 3 N–H and O–H groups in total. The molecule has 2 heterocycles. The monoisotopic (exact) mass is 397 g/mol. The highest BCUT2D eigenvalue weighted by molar-refractivity contribution is 9.10. The van der Waals surface area contributed by atoms with Gasteiger partial charge < -0.3 is 5.73 Å². The lowest BCUT2D eigenvalue weighted by molar-refractivity contribution is 0.617. The van der Waals surface area contributed by atoms with Gasteiger partial charge in [-0.05, 0) is 30.6 Å². The Labute approximate surface area is 146 Å². The highest BCUT2D eigenvalue weighted by Crippen LogP contribution is 2.30. The van der Waals surface area contributed by atoms with Crippen LogP contribution >= 0.6 is 39.5 Å². The quantitative estimate of drug-likeness (QED) is 0.804. The standard InChI is InChI=1S/C14H16BrN5S2/c1-21-7-6-11(16)13-17-18-14-20(13)19-12(8-22-14)9-2-4-10(15)5-3-9/h2-5,8,11,19H,6-7,16H2,1H3/t11-/m0/s1. The summed E-state index contributed by atoms with van der Waals surface area (Å²) in [5.74, 6) is 1.78. The van der Waals surface area contributed by atoms with Crippen LogP contribution in [0.15, 0.2) is 39.3 Å². The van der Waals surface area contributed by atoms with Crippen LogP contribution in [0, 0.1) is 0 Å². The maximum atomic E-state index is 6.24. The zero-order chi connectivity index (χ0) is 15.5. The smallest absolute Gasteiger partial charge is 0.214 e. The lowest BCUT2D eigenvalue weighted by Gasteiger charge is -2.21. The molecule has 3 rings (SSSR count). The SMILES string of the molecule is CSCC[C@H](N)c1nnc2n1NC(c1ccc(Br)cc1)=CS2. The number of hydrogen-bond acceptors (Lipinski definition) is 6. The molecular weight excluding hydrogens is 382 g/mol. The van der Waals surface area contributed by atoms with Crippen LogP contribution < -0.4 is 11.2 Å². The van der Waals surface area contributed by atoms with Gasteiger partial charge in [-0.2, -0.15) is 11.8 Å². The third-order valence-corrected chi connectivity index (χ3v) is 5.29. The van der Waals surface area contributed by atoms with Crippen molar-refractivity contribution in [3.63, 3.8) is 0 Å². The van der Waals surface area contributed by atoms with Gasteiger partial charge in [0, 0.05) is 15.4 Å². The summed E-state index contributed by atoms with van der Waals surface area (Å²) < 4.78 is 2.96. The molecule has 22 heavy (non-hydrogen) atoms. The fourth-order valence-corrected chi connectivity index (χ4v) is 3.60. The van der Waals surface area contributed by atoms with Gasteiger partial charge in [0.1, 0.15) is 0 Å². The van der Waals surface area contributed by atoms with Gasteiger partial charge in [0.2, 0.25) is 5.16 Å². The Morgan fingerprint density at radius 1 is 1.36 bits per heavy atom. The first kappa shape index (κ1) is 15.9. The number of halogens is 1. The van der Waals surface area contributed by atoms with Gasteiger partial charge in [-0.3, -0.25) is 5.43 Å². The Kier molecular flexibility index (Phi) is 5.12. The summed E-state index contributed by atoms with van der Waals surface area (Å²) in [6.45, 7) is 0. The van der Waals surface area contributed by atoms with Crippen LogP contribution in [0.5, 0.6) is 0 Å². The molecule has 0 unspecified atom stereocenters. The van der Waals surface area contributed by atoms with E-state index in [1.54, 1.807) is 23.5 Å². The molecule has 1 aromatic carbocycles. The van der Waals surface area contributed by atoms with Gasteiger partial charge >= 0.3 is 0 Å². The molecule has 1 aliphatic rings. The fourth-order valence-electron chi connectivity index (χ4n) is 2.10. The third kappa shape index (κ3) is 3.34. The fraction of sp³-hybridized carbons (Fsp3) is 0.286. The number of hydrogen-bond donors (Lipinski definition) is 2. The summed E-state index contributed by atoms with van der Waals surface area (Å²) in [7, 11) is 0. The van der Waals surface area contributed by atoms with E-state index in [-0.39, 0.29) is 6.04 Å². The minimum atomic E-state index is -0.119. The normalized spacial score (nSPS) is 15.0. The Hall–Kier alpha value is -0.960. The highest BCUT2D eigenvalue weighted by atomic mass is 79.9. The van der Waals surface area contributed by atoms with Crippen LogP contribution in [0.3, 0.4) is 0 Å². The van der Waals surface area contributed by atoms with E-state index in [0.29, 0.717) is 0 Å². The minimum absolute atomic E-state index is 0.119. The topological polar surface area (TPSA) is 68.8 Å². The molecule has 5 nitrogen and oxygen atoms in total. The Bertz CT molecular complexity index is 683. The number of nitrogens with zero attached hydrogens (tertiary/aromatic N) is 3. The molecule has 0 aliphatic carbocycles. The molecule has 116 valence electrons. The summed E-state index contributed by atoms with van der Waals surface area (Å²) in [5, 5.41) is 11.3. The molecule has 8 heteroatoms. The van der Waals surface area contributed by atoms with E-state index < -0.39 is 0 Å². The lowest BCUT2D eigenvalue weighted by Crippen LogP contribution is -2.24. The van der Waals surface area contributed by atoms with Gasteiger partial charge in [0.05, 0.1) is 11.7 Å².